The number of halogens is 1. The summed E-state index contributed by atoms with van der Waals surface area (Å²) in [6, 6.07) is 8.52. The molecule has 14 heavy (non-hydrogen) atoms. The standard InChI is InChI=1S/C11H16BrNO/c1-9(3-2-8-14)13-11-6-4-10(12)5-7-11/h4-7,9,13-14H,2-3,8H2,1H3. The number of rotatable bonds is 5. The van der Waals surface area contributed by atoms with E-state index in [0.717, 1.165) is 23.0 Å². The van der Waals surface area contributed by atoms with Crippen molar-refractivity contribution in [3.8, 4) is 0 Å². The molecule has 0 radical (unpaired) electrons. The van der Waals surface area contributed by atoms with Crippen LogP contribution < -0.4 is 5.32 Å². The summed E-state index contributed by atoms with van der Waals surface area (Å²) in [5.41, 5.74) is 1.12. The first kappa shape index (κ1) is 11.5. The average Bonchev–Trinajstić information content (AvgIpc) is 2.18. The first-order valence-corrected chi connectivity index (χ1v) is 5.64. The van der Waals surface area contributed by atoms with Gasteiger partial charge in [0.1, 0.15) is 0 Å². The Labute approximate surface area is 93.5 Å². The van der Waals surface area contributed by atoms with E-state index in [-0.39, 0.29) is 6.61 Å². The van der Waals surface area contributed by atoms with Gasteiger partial charge in [0.2, 0.25) is 0 Å². The predicted octanol–water partition coefficient (Wildman–Crippen LogP) is 3.02. The molecular formula is C11H16BrNO. The highest BCUT2D eigenvalue weighted by molar-refractivity contribution is 9.10. The summed E-state index contributed by atoms with van der Waals surface area (Å²) in [4.78, 5) is 0. The molecule has 0 saturated carbocycles. The Balaban J connectivity index is 2.39. The minimum atomic E-state index is 0.270. The van der Waals surface area contributed by atoms with E-state index in [1.165, 1.54) is 0 Å². The van der Waals surface area contributed by atoms with Crippen molar-refractivity contribution >= 4 is 21.6 Å². The van der Waals surface area contributed by atoms with Gasteiger partial charge in [0.25, 0.3) is 0 Å². The molecule has 78 valence electrons. The summed E-state index contributed by atoms with van der Waals surface area (Å²) < 4.78 is 1.09. The molecule has 0 aliphatic heterocycles. The summed E-state index contributed by atoms with van der Waals surface area (Å²) in [7, 11) is 0. The van der Waals surface area contributed by atoms with E-state index in [4.69, 9.17) is 5.11 Å². The van der Waals surface area contributed by atoms with Crippen LogP contribution in [-0.4, -0.2) is 17.8 Å². The molecule has 1 aromatic carbocycles. The van der Waals surface area contributed by atoms with Gasteiger partial charge in [-0.1, -0.05) is 15.9 Å². The number of hydrogen-bond acceptors (Lipinski definition) is 2. The molecule has 0 bridgehead atoms. The van der Waals surface area contributed by atoms with Crippen molar-refractivity contribution in [1.29, 1.82) is 0 Å². The van der Waals surface area contributed by atoms with Crippen LogP contribution in [0.4, 0.5) is 5.69 Å². The maximum absolute atomic E-state index is 8.68. The van der Waals surface area contributed by atoms with Crippen molar-refractivity contribution in [2.75, 3.05) is 11.9 Å². The second-order valence-corrected chi connectivity index (χ2v) is 4.33. The molecule has 2 N–H and O–H groups in total. The van der Waals surface area contributed by atoms with Crippen molar-refractivity contribution in [2.24, 2.45) is 0 Å². The molecule has 0 aliphatic carbocycles. The Morgan fingerprint density at radius 2 is 2.00 bits per heavy atom. The Morgan fingerprint density at radius 1 is 1.36 bits per heavy atom. The summed E-state index contributed by atoms with van der Waals surface area (Å²) in [5.74, 6) is 0. The van der Waals surface area contributed by atoms with Crippen LogP contribution in [0.5, 0.6) is 0 Å². The van der Waals surface area contributed by atoms with E-state index >= 15 is 0 Å². The molecule has 3 heteroatoms. The smallest absolute Gasteiger partial charge is 0.0431 e. The molecule has 0 aliphatic rings. The molecule has 0 heterocycles. The van der Waals surface area contributed by atoms with E-state index in [2.05, 4.69) is 28.2 Å². The highest BCUT2D eigenvalue weighted by Gasteiger charge is 2.00. The van der Waals surface area contributed by atoms with E-state index in [1.807, 2.05) is 24.3 Å². The lowest BCUT2D eigenvalue weighted by atomic mass is 10.2. The Bertz CT molecular complexity index is 260. The molecule has 0 fully saturated rings. The molecule has 0 saturated heterocycles. The van der Waals surface area contributed by atoms with Crippen LogP contribution in [0.1, 0.15) is 19.8 Å². The highest BCUT2D eigenvalue weighted by atomic mass is 79.9. The van der Waals surface area contributed by atoms with Gasteiger partial charge >= 0.3 is 0 Å². The van der Waals surface area contributed by atoms with E-state index < -0.39 is 0 Å². The largest absolute Gasteiger partial charge is 0.396 e. The van der Waals surface area contributed by atoms with Crippen molar-refractivity contribution in [3.63, 3.8) is 0 Å². The Hall–Kier alpha value is -0.540. The zero-order valence-corrected chi connectivity index (χ0v) is 9.92. The van der Waals surface area contributed by atoms with Crippen LogP contribution >= 0.6 is 15.9 Å². The summed E-state index contributed by atoms with van der Waals surface area (Å²) in [5, 5.41) is 12.1. The number of benzene rings is 1. The predicted molar refractivity (Wildman–Crippen MR) is 63.5 cm³/mol. The van der Waals surface area contributed by atoms with Crippen LogP contribution in [-0.2, 0) is 0 Å². The van der Waals surface area contributed by atoms with Crippen molar-refractivity contribution < 1.29 is 5.11 Å². The number of anilines is 1. The second-order valence-electron chi connectivity index (χ2n) is 3.42. The van der Waals surface area contributed by atoms with Gasteiger partial charge in [0.15, 0.2) is 0 Å². The summed E-state index contributed by atoms with van der Waals surface area (Å²) >= 11 is 3.39. The van der Waals surface area contributed by atoms with Crippen LogP contribution in [0.25, 0.3) is 0 Å². The van der Waals surface area contributed by atoms with Crippen molar-refractivity contribution in [1.82, 2.24) is 0 Å². The quantitative estimate of drug-likeness (QED) is 0.850. The fourth-order valence-corrected chi connectivity index (χ4v) is 1.56. The molecule has 1 unspecified atom stereocenters. The summed E-state index contributed by atoms with van der Waals surface area (Å²) in [6.07, 6.45) is 1.84. The minimum absolute atomic E-state index is 0.270. The third-order valence-electron chi connectivity index (χ3n) is 2.05. The molecule has 0 amide bonds. The van der Waals surface area contributed by atoms with Crippen LogP contribution in [0.3, 0.4) is 0 Å². The number of aliphatic hydroxyl groups is 1. The van der Waals surface area contributed by atoms with E-state index in [0.29, 0.717) is 6.04 Å². The van der Waals surface area contributed by atoms with Gasteiger partial charge in [0.05, 0.1) is 0 Å². The van der Waals surface area contributed by atoms with Gasteiger partial charge < -0.3 is 10.4 Å². The number of aliphatic hydroxyl groups excluding tert-OH is 1. The van der Waals surface area contributed by atoms with Gasteiger partial charge in [-0.3, -0.25) is 0 Å². The molecule has 0 spiro atoms. The summed E-state index contributed by atoms with van der Waals surface area (Å²) in [6.45, 7) is 2.39. The average molecular weight is 258 g/mol. The monoisotopic (exact) mass is 257 g/mol. The highest BCUT2D eigenvalue weighted by Crippen LogP contribution is 2.15. The molecule has 1 aromatic rings. The minimum Gasteiger partial charge on any atom is -0.396 e. The zero-order chi connectivity index (χ0) is 10.4. The fourth-order valence-electron chi connectivity index (χ4n) is 1.30. The van der Waals surface area contributed by atoms with Crippen LogP contribution in [0.15, 0.2) is 28.7 Å². The Morgan fingerprint density at radius 3 is 2.57 bits per heavy atom. The molecular weight excluding hydrogens is 242 g/mol. The third kappa shape index (κ3) is 4.11. The number of nitrogens with one attached hydrogen (secondary N) is 1. The van der Waals surface area contributed by atoms with Crippen molar-refractivity contribution in [3.05, 3.63) is 28.7 Å². The normalized spacial score (nSPS) is 12.5. The first-order valence-electron chi connectivity index (χ1n) is 4.85. The van der Waals surface area contributed by atoms with Gasteiger partial charge in [-0.25, -0.2) is 0 Å². The third-order valence-corrected chi connectivity index (χ3v) is 2.58. The fraction of sp³-hybridized carbons (Fsp3) is 0.455. The van der Waals surface area contributed by atoms with Crippen LogP contribution in [0, 0.1) is 0 Å². The lowest BCUT2D eigenvalue weighted by molar-refractivity contribution is 0.282. The molecule has 0 aromatic heterocycles. The molecule has 1 atom stereocenters. The SMILES string of the molecule is CC(CCCO)Nc1ccc(Br)cc1. The van der Waals surface area contributed by atoms with Crippen molar-refractivity contribution in [2.45, 2.75) is 25.8 Å². The van der Waals surface area contributed by atoms with Gasteiger partial charge in [-0.2, -0.15) is 0 Å². The van der Waals surface area contributed by atoms with E-state index in [1.54, 1.807) is 0 Å². The van der Waals surface area contributed by atoms with Gasteiger partial charge in [0, 0.05) is 22.8 Å². The zero-order valence-electron chi connectivity index (χ0n) is 8.33. The lowest BCUT2D eigenvalue weighted by Gasteiger charge is -2.14. The number of hydrogen-bond donors (Lipinski definition) is 2. The Kier molecular flexibility index (Phi) is 4.98. The van der Waals surface area contributed by atoms with Gasteiger partial charge in [-0.15, -0.1) is 0 Å². The maximum atomic E-state index is 8.68. The van der Waals surface area contributed by atoms with Crippen LogP contribution in [0.2, 0.25) is 0 Å². The molecule has 1 rings (SSSR count). The second kappa shape index (κ2) is 6.04. The lowest BCUT2D eigenvalue weighted by Crippen LogP contribution is -2.15. The molecule has 2 nitrogen and oxygen atoms in total. The van der Waals surface area contributed by atoms with E-state index in [9.17, 15) is 0 Å². The first-order chi connectivity index (χ1) is 6.72. The maximum Gasteiger partial charge on any atom is 0.0431 e. The topological polar surface area (TPSA) is 32.3 Å². The van der Waals surface area contributed by atoms with Gasteiger partial charge in [-0.05, 0) is 44.0 Å².